The summed E-state index contributed by atoms with van der Waals surface area (Å²) in [5.41, 5.74) is 1.10. The van der Waals surface area contributed by atoms with E-state index in [2.05, 4.69) is 10.2 Å². The molecule has 0 atom stereocenters. The molecule has 0 unspecified atom stereocenters. The van der Waals surface area contributed by atoms with Crippen LogP contribution in [-0.2, 0) is 0 Å². The molecule has 0 aliphatic heterocycles. The van der Waals surface area contributed by atoms with E-state index in [0.717, 1.165) is 0 Å². The molecule has 0 aliphatic rings. The second kappa shape index (κ2) is 5.47. The van der Waals surface area contributed by atoms with Gasteiger partial charge in [-0.05, 0) is 12.1 Å². The summed E-state index contributed by atoms with van der Waals surface area (Å²) in [4.78, 5) is 11.8. The van der Waals surface area contributed by atoms with Crippen LogP contribution in [0.25, 0.3) is 0 Å². The van der Waals surface area contributed by atoms with Crippen molar-refractivity contribution >= 4 is 17.5 Å². The van der Waals surface area contributed by atoms with E-state index in [9.17, 15) is 4.79 Å². The predicted molar refractivity (Wildman–Crippen MR) is 65.2 cm³/mol. The number of rotatable bonds is 4. The Morgan fingerprint density at radius 1 is 1.39 bits per heavy atom. The fourth-order valence-electron chi connectivity index (χ4n) is 1.28. The molecule has 2 aromatic rings. The van der Waals surface area contributed by atoms with Crippen molar-refractivity contribution < 1.29 is 9.21 Å². The third kappa shape index (κ3) is 2.96. The van der Waals surface area contributed by atoms with Gasteiger partial charge in [0.25, 0.3) is 5.22 Å². The van der Waals surface area contributed by atoms with Crippen LogP contribution in [0.1, 0.15) is 21.8 Å². The quantitative estimate of drug-likeness (QED) is 0.618. The average Bonchev–Trinajstić information content (AvgIpc) is 2.82. The molecule has 0 amide bonds. The summed E-state index contributed by atoms with van der Waals surface area (Å²) in [5, 5.41) is 16.5. The monoisotopic (exact) mass is 259 g/mol. The summed E-state index contributed by atoms with van der Waals surface area (Å²) in [7, 11) is 0. The number of carbonyl (C=O) groups excluding carboxylic acids is 1. The molecule has 0 aliphatic carbocycles. The topological polar surface area (TPSA) is 79.8 Å². The van der Waals surface area contributed by atoms with Crippen LogP contribution in [0.5, 0.6) is 0 Å². The molecule has 2 rings (SSSR count). The number of benzene rings is 1. The first kappa shape index (κ1) is 12.3. The Bertz CT molecular complexity index is 599. The fourth-order valence-corrected chi connectivity index (χ4v) is 1.98. The van der Waals surface area contributed by atoms with Crippen molar-refractivity contribution in [2.75, 3.05) is 5.75 Å². The first-order chi connectivity index (χ1) is 8.69. The Balaban J connectivity index is 1.97. The Kier molecular flexibility index (Phi) is 3.75. The van der Waals surface area contributed by atoms with Crippen molar-refractivity contribution in [3.05, 3.63) is 41.3 Å². The molecule has 90 valence electrons. The van der Waals surface area contributed by atoms with Gasteiger partial charge >= 0.3 is 0 Å². The number of nitriles is 1. The predicted octanol–water partition coefficient (Wildman–Crippen LogP) is 2.22. The second-order valence-electron chi connectivity index (χ2n) is 3.49. The molecule has 5 nitrogen and oxygen atoms in total. The molecule has 0 fully saturated rings. The van der Waals surface area contributed by atoms with Crippen LogP contribution in [0, 0.1) is 18.3 Å². The van der Waals surface area contributed by atoms with Gasteiger partial charge in [0, 0.05) is 12.5 Å². The highest BCUT2D eigenvalue weighted by molar-refractivity contribution is 7.99. The van der Waals surface area contributed by atoms with E-state index in [1.807, 2.05) is 6.07 Å². The highest BCUT2D eigenvalue weighted by Crippen LogP contribution is 2.17. The Morgan fingerprint density at radius 2 is 2.11 bits per heavy atom. The number of aryl methyl sites for hydroxylation is 1. The lowest BCUT2D eigenvalue weighted by atomic mass is 10.1. The SMILES string of the molecule is Cc1nnc(SCC(=O)c2ccc(C#N)cc2)o1. The molecule has 0 spiro atoms. The van der Waals surface area contributed by atoms with Gasteiger partial charge in [-0.1, -0.05) is 23.9 Å². The highest BCUT2D eigenvalue weighted by atomic mass is 32.2. The number of hydrogen-bond donors (Lipinski definition) is 0. The molecule has 18 heavy (non-hydrogen) atoms. The van der Waals surface area contributed by atoms with E-state index in [0.29, 0.717) is 22.2 Å². The maximum absolute atomic E-state index is 11.8. The molecule has 0 saturated carbocycles. The van der Waals surface area contributed by atoms with Crippen molar-refractivity contribution in [2.45, 2.75) is 12.1 Å². The summed E-state index contributed by atoms with van der Waals surface area (Å²) < 4.78 is 5.15. The van der Waals surface area contributed by atoms with Gasteiger partial charge in [0.2, 0.25) is 5.89 Å². The normalized spacial score (nSPS) is 10.0. The number of Topliss-reactive ketones (excluding diaryl/α,β-unsaturated/α-hetero) is 1. The van der Waals surface area contributed by atoms with Gasteiger partial charge in [-0.25, -0.2) is 0 Å². The molecule has 0 N–H and O–H groups in total. The number of thioether (sulfide) groups is 1. The van der Waals surface area contributed by atoms with E-state index in [-0.39, 0.29) is 11.5 Å². The lowest BCUT2D eigenvalue weighted by Gasteiger charge is -1.98. The zero-order valence-electron chi connectivity index (χ0n) is 9.58. The summed E-state index contributed by atoms with van der Waals surface area (Å²) >= 11 is 1.20. The smallest absolute Gasteiger partial charge is 0.277 e. The van der Waals surface area contributed by atoms with Crippen molar-refractivity contribution in [1.29, 1.82) is 5.26 Å². The Hall–Kier alpha value is -2.13. The summed E-state index contributed by atoms with van der Waals surface area (Å²) in [5.74, 6) is 0.664. The van der Waals surface area contributed by atoms with Gasteiger partial charge in [0.15, 0.2) is 5.78 Å². The van der Waals surface area contributed by atoms with Crippen LogP contribution in [0.15, 0.2) is 33.9 Å². The summed E-state index contributed by atoms with van der Waals surface area (Å²) in [6.45, 7) is 1.69. The molecule has 6 heteroatoms. The maximum Gasteiger partial charge on any atom is 0.277 e. The second-order valence-corrected chi connectivity index (χ2v) is 4.41. The number of hydrogen-bond acceptors (Lipinski definition) is 6. The minimum Gasteiger partial charge on any atom is -0.416 e. The summed E-state index contributed by atoms with van der Waals surface area (Å²) in [6, 6.07) is 8.52. The first-order valence-electron chi connectivity index (χ1n) is 5.15. The van der Waals surface area contributed by atoms with Gasteiger partial charge in [0.1, 0.15) is 0 Å². The largest absolute Gasteiger partial charge is 0.416 e. The minimum absolute atomic E-state index is 0.0413. The third-order valence-corrected chi connectivity index (χ3v) is 2.99. The molecular formula is C12H9N3O2S. The number of aromatic nitrogens is 2. The molecular weight excluding hydrogens is 250 g/mol. The molecule has 0 radical (unpaired) electrons. The summed E-state index contributed by atoms with van der Waals surface area (Å²) in [6.07, 6.45) is 0. The molecule has 1 heterocycles. The standard InChI is InChI=1S/C12H9N3O2S/c1-8-14-15-12(17-8)18-7-11(16)10-4-2-9(6-13)3-5-10/h2-5H,7H2,1H3. The van der Waals surface area contributed by atoms with E-state index >= 15 is 0 Å². The van der Waals surface area contributed by atoms with Crippen LogP contribution in [-0.4, -0.2) is 21.7 Å². The molecule has 0 bridgehead atoms. The number of ketones is 1. The fraction of sp³-hybridized carbons (Fsp3) is 0.167. The van der Waals surface area contributed by atoms with Crippen molar-refractivity contribution in [1.82, 2.24) is 10.2 Å². The zero-order valence-corrected chi connectivity index (χ0v) is 10.4. The van der Waals surface area contributed by atoms with Crippen LogP contribution >= 0.6 is 11.8 Å². The van der Waals surface area contributed by atoms with Gasteiger partial charge < -0.3 is 4.42 Å². The number of nitrogens with zero attached hydrogens (tertiary/aromatic N) is 3. The molecule has 1 aromatic carbocycles. The minimum atomic E-state index is -0.0413. The van der Waals surface area contributed by atoms with Crippen molar-refractivity contribution in [3.63, 3.8) is 0 Å². The molecule has 0 saturated heterocycles. The van der Waals surface area contributed by atoms with E-state index in [4.69, 9.17) is 9.68 Å². The lowest BCUT2D eigenvalue weighted by molar-refractivity contribution is 0.102. The van der Waals surface area contributed by atoms with Gasteiger partial charge in [-0.2, -0.15) is 5.26 Å². The highest BCUT2D eigenvalue weighted by Gasteiger charge is 2.09. The van der Waals surface area contributed by atoms with E-state index in [1.165, 1.54) is 11.8 Å². The first-order valence-corrected chi connectivity index (χ1v) is 6.14. The Labute approximate surface area is 108 Å². The van der Waals surface area contributed by atoms with Crippen LogP contribution in [0.3, 0.4) is 0 Å². The van der Waals surface area contributed by atoms with Crippen molar-refractivity contribution in [2.24, 2.45) is 0 Å². The van der Waals surface area contributed by atoms with Gasteiger partial charge in [-0.3, -0.25) is 4.79 Å². The zero-order chi connectivity index (χ0) is 13.0. The van der Waals surface area contributed by atoms with Crippen LogP contribution in [0.2, 0.25) is 0 Å². The number of carbonyl (C=O) groups is 1. The van der Waals surface area contributed by atoms with Crippen LogP contribution in [0.4, 0.5) is 0 Å². The van der Waals surface area contributed by atoms with Gasteiger partial charge in [0.05, 0.1) is 17.4 Å². The van der Waals surface area contributed by atoms with Gasteiger partial charge in [-0.15, -0.1) is 10.2 Å². The van der Waals surface area contributed by atoms with E-state index < -0.39 is 0 Å². The maximum atomic E-state index is 11.8. The molecule has 1 aromatic heterocycles. The van der Waals surface area contributed by atoms with E-state index in [1.54, 1.807) is 31.2 Å². The Morgan fingerprint density at radius 3 is 2.67 bits per heavy atom. The third-order valence-electron chi connectivity index (χ3n) is 2.17. The van der Waals surface area contributed by atoms with Crippen molar-refractivity contribution in [3.8, 4) is 6.07 Å². The lowest BCUT2D eigenvalue weighted by Crippen LogP contribution is -2.02. The average molecular weight is 259 g/mol. The van der Waals surface area contributed by atoms with Crippen LogP contribution < -0.4 is 0 Å².